The fourth-order valence-electron chi connectivity index (χ4n) is 3.14. The summed E-state index contributed by atoms with van der Waals surface area (Å²) in [7, 11) is 1.57. The summed E-state index contributed by atoms with van der Waals surface area (Å²) in [5.74, 6) is 0.275. The lowest BCUT2D eigenvalue weighted by atomic mass is 10.1. The SMILES string of the molecule is CNC(=O)[C@@H](C)N(Cc1ccccc1C)C(=O)COc1cc(C)cc(C)c1C. The first-order chi connectivity index (χ1) is 13.2. The van der Waals surface area contributed by atoms with Crippen molar-refractivity contribution in [3.63, 3.8) is 0 Å². The minimum absolute atomic E-state index is 0.114. The fourth-order valence-corrected chi connectivity index (χ4v) is 3.14. The van der Waals surface area contributed by atoms with E-state index in [0.717, 1.165) is 27.8 Å². The fraction of sp³-hybridized carbons (Fsp3) is 0.391. The summed E-state index contributed by atoms with van der Waals surface area (Å²) in [6.45, 7) is 9.97. The second kappa shape index (κ2) is 9.40. The minimum atomic E-state index is -0.596. The van der Waals surface area contributed by atoms with Crippen molar-refractivity contribution in [1.29, 1.82) is 0 Å². The molecule has 0 fully saturated rings. The van der Waals surface area contributed by atoms with E-state index in [-0.39, 0.29) is 18.4 Å². The van der Waals surface area contributed by atoms with Crippen LogP contribution in [-0.2, 0) is 16.1 Å². The zero-order valence-electron chi connectivity index (χ0n) is 17.6. The predicted molar refractivity (Wildman–Crippen MR) is 111 cm³/mol. The Bertz CT molecular complexity index is 861. The zero-order valence-corrected chi connectivity index (χ0v) is 17.6. The number of likely N-dealkylation sites (N-methyl/N-ethyl adjacent to an activating group) is 1. The first kappa shape index (κ1) is 21.5. The maximum atomic E-state index is 13.0. The van der Waals surface area contributed by atoms with Crippen molar-refractivity contribution >= 4 is 11.8 Å². The Labute approximate surface area is 167 Å². The molecule has 0 saturated heterocycles. The zero-order chi connectivity index (χ0) is 20.8. The van der Waals surface area contributed by atoms with E-state index in [1.54, 1.807) is 18.9 Å². The van der Waals surface area contributed by atoms with Gasteiger partial charge in [0.15, 0.2) is 6.61 Å². The van der Waals surface area contributed by atoms with Crippen LogP contribution in [-0.4, -0.2) is 36.4 Å². The molecule has 0 aliphatic carbocycles. The topological polar surface area (TPSA) is 58.6 Å². The first-order valence-corrected chi connectivity index (χ1v) is 9.50. The molecule has 0 unspecified atom stereocenters. The highest BCUT2D eigenvalue weighted by atomic mass is 16.5. The average Bonchev–Trinajstić information content (AvgIpc) is 2.67. The van der Waals surface area contributed by atoms with Crippen molar-refractivity contribution < 1.29 is 14.3 Å². The standard InChI is InChI=1S/C23H30N2O3/c1-15-11-17(3)18(4)21(12-15)28-14-22(26)25(19(5)23(27)24-6)13-20-10-8-7-9-16(20)2/h7-12,19H,13-14H2,1-6H3,(H,24,27)/t19-/m1/s1. The van der Waals surface area contributed by atoms with E-state index < -0.39 is 6.04 Å². The van der Waals surface area contributed by atoms with Gasteiger partial charge in [0.1, 0.15) is 11.8 Å². The van der Waals surface area contributed by atoms with Gasteiger partial charge in [0.05, 0.1) is 0 Å². The lowest BCUT2D eigenvalue weighted by Gasteiger charge is -2.29. The van der Waals surface area contributed by atoms with Gasteiger partial charge in [0.2, 0.25) is 5.91 Å². The summed E-state index contributed by atoms with van der Waals surface area (Å²) in [6, 6.07) is 11.3. The van der Waals surface area contributed by atoms with E-state index in [1.165, 1.54) is 0 Å². The molecule has 2 rings (SSSR count). The number of ether oxygens (including phenoxy) is 1. The van der Waals surface area contributed by atoms with E-state index in [1.807, 2.05) is 58.0 Å². The van der Waals surface area contributed by atoms with Crippen molar-refractivity contribution in [2.45, 2.75) is 47.2 Å². The smallest absolute Gasteiger partial charge is 0.261 e. The third-order valence-electron chi connectivity index (χ3n) is 5.13. The molecule has 0 radical (unpaired) electrons. The summed E-state index contributed by atoms with van der Waals surface area (Å²) < 4.78 is 5.85. The highest BCUT2D eigenvalue weighted by molar-refractivity contribution is 5.87. The minimum Gasteiger partial charge on any atom is -0.483 e. The van der Waals surface area contributed by atoms with E-state index in [2.05, 4.69) is 11.4 Å². The van der Waals surface area contributed by atoms with Gasteiger partial charge in [-0.1, -0.05) is 30.3 Å². The number of amides is 2. The number of hydrogen-bond donors (Lipinski definition) is 1. The largest absolute Gasteiger partial charge is 0.483 e. The molecule has 0 aliphatic heterocycles. The van der Waals surface area contributed by atoms with Gasteiger partial charge < -0.3 is 15.0 Å². The van der Waals surface area contributed by atoms with Crippen molar-refractivity contribution in [2.75, 3.05) is 13.7 Å². The van der Waals surface area contributed by atoms with Crippen LogP contribution >= 0.6 is 0 Å². The second-order valence-electron chi connectivity index (χ2n) is 7.23. The highest BCUT2D eigenvalue weighted by Crippen LogP contribution is 2.23. The van der Waals surface area contributed by atoms with Crippen molar-refractivity contribution in [2.24, 2.45) is 0 Å². The van der Waals surface area contributed by atoms with Crippen LogP contribution in [0.3, 0.4) is 0 Å². The quantitative estimate of drug-likeness (QED) is 0.798. The molecule has 5 heteroatoms. The predicted octanol–water partition coefficient (Wildman–Crippen LogP) is 3.46. The van der Waals surface area contributed by atoms with E-state index >= 15 is 0 Å². The molecule has 0 aromatic heterocycles. The third kappa shape index (κ3) is 5.12. The third-order valence-corrected chi connectivity index (χ3v) is 5.13. The molecule has 2 aromatic carbocycles. The molecule has 0 heterocycles. The van der Waals surface area contributed by atoms with Gasteiger partial charge in [0.25, 0.3) is 5.91 Å². The molecule has 0 saturated carbocycles. The van der Waals surface area contributed by atoms with Crippen LogP contribution in [0.4, 0.5) is 0 Å². The number of rotatable bonds is 7. The Hall–Kier alpha value is -2.82. The van der Waals surface area contributed by atoms with Crippen molar-refractivity contribution in [1.82, 2.24) is 10.2 Å². The lowest BCUT2D eigenvalue weighted by Crippen LogP contribution is -2.48. The Morgan fingerprint density at radius 1 is 1.07 bits per heavy atom. The maximum Gasteiger partial charge on any atom is 0.261 e. The van der Waals surface area contributed by atoms with Gasteiger partial charge in [-0.05, 0) is 68.5 Å². The molecule has 1 atom stereocenters. The Kier molecular flexibility index (Phi) is 7.21. The van der Waals surface area contributed by atoms with Gasteiger partial charge in [-0.25, -0.2) is 0 Å². The normalized spacial score (nSPS) is 11.6. The monoisotopic (exact) mass is 382 g/mol. The molecule has 28 heavy (non-hydrogen) atoms. The number of carbonyl (C=O) groups is 2. The summed E-state index contributed by atoms with van der Waals surface area (Å²) in [5, 5.41) is 2.62. The van der Waals surface area contributed by atoms with Crippen molar-refractivity contribution in [3.8, 4) is 5.75 Å². The summed E-state index contributed by atoms with van der Waals surface area (Å²) in [6.07, 6.45) is 0. The van der Waals surface area contributed by atoms with E-state index in [4.69, 9.17) is 4.74 Å². The van der Waals surface area contributed by atoms with E-state index in [9.17, 15) is 9.59 Å². The molecule has 0 spiro atoms. The molecule has 5 nitrogen and oxygen atoms in total. The van der Waals surface area contributed by atoms with Crippen LogP contribution in [0.1, 0.15) is 34.7 Å². The summed E-state index contributed by atoms with van der Waals surface area (Å²) in [5.41, 5.74) is 5.31. The molecule has 2 aromatic rings. The molecule has 2 amide bonds. The average molecular weight is 383 g/mol. The molecule has 0 bridgehead atoms. The number of hydrogen-bond acceptors (Lipinski definition) is 3. The van der Waals surface area contributed by atoms with Gasteiger partial charge >= 0.3 is 0 Å². The molecule has 150 valence electrons. The molecular formula is C23H30N2O3. The summed E-state index contributed by atoms with van der Waals surface area (Å²) in [4.78, 5) is 26.8. The number of nitrogens with zero attached hydrogens (tertiary/aromatic N) is 1. The molecule has 1 N–H and O–H groups in total. The second-order valence-corrected chi connectivity index (χ2v) is 7.23. The Morgan fingerprint density at radius 3 is 2.39 bits per heavy atom. The van der Waals surface area contributed by atoms with Crippen LogP contribution in [0.2, 0.25) is 0 Å². The number of aryl methyl sites for hydroxylation is 3. The molecular weight excluding hydrogens is 352 g/mol. The lowest BCUT2D eigenvalue weighted by molar-refractivity contribution is -0.142. The van der Waals surface area contributed by atoms with Crippen molar-refractivity contribution in [3.05, 3.63) is 64.2 Å². The number of carbonyl (C=O) groups excluding carboxylic acids is 2. The van der Waals surface area contributed by atoms with Gasteiger partial charge in [-0.3, -0.25) is 9.59 Å². The maximum absolute atomic E-state index is 13.0. The molecule has 0 aliphatic rings. The summed E-state index contributed by atoms with van der Waals surface area (Å²) >= 11 is 0. The van der Waals surface area contributed by atoms with E-state index in [0.29, 0.717) is 12.3 Å². The number of benzene rings is 2. The van der Waals surface area contributed by atoms with Crippen LogP contribution in [0, 0.1) is 27.7 Å². The highest BCUT2D eigenvalue weighted by Gasteiger charge is 2.26. The Morgan fingerprint density at radius 2 is 1.75 bits per heavy atom. The number of nitrogens with one attached hydrogen (secondary N) is 1. The van der Waals surface area contributed by atoms with Gasteiger partial charge in [-0.15, -0.1) is 0 Å². The van der Waals surface area contributed by atoms with Gasteiger partial charge in [0, 0.05) is 13.6 Å². The van der Waals surface area contributed by atoms with Crippen LogP contribution in [0.5, 0.6) is 5.75 Å². The van der Waals surface area contributed by atoms with Crippen LogP contribution in [0.25, 0.3) is 0 Å². The first-order valence-electron chi connectivity index (χ1n) is 9.50. The van der Waals surface area contributed by atoms with Crippen LogP contribution < -0.4 is 10.1 Å². The Balaban J connectivity index is 2.21. The van der Waals surface area contributed by atoms with Gasteiger partial charge in [-0.2, -0.15) is 0 Å². The van der Waals surface area contributed by atoms with Crippen LogP contribution in [0.15, 0.2) is 36.4 Å².